The second kappa shape index (κ2) is 15.9. The summed E-state index contributed by atoms with van der Waals surface area (Å²) in [4.78, 5) is 0. The second-order valence-electron chi connectivity index (χ2n) is 0.699. The smallest absolute Gasteiger partial charge is 0.216 e. The van der Waals surface area contributed by atoms with E-state index in [9.17, 15) is 0 Å². The number of thiol groups is 1. The molecule has 0 N–H and O–H groups in total. The van der Waals surface area contributed by atoms with E-state index in [1.165, 1.54) is 0 Å². The molecule has 0 saturated heterocycles. The summed E-state index contributed by atoms with van der Waals surface area (Å²) in [5.74, 6) is 0. The molecule has 54 valence electrons. The molecule has 0 aromatic heterocycles. The first-order valence-electron chi connectivity index (χ1n) is 1.63. The van der Waals surface area contributed by atoms with Crippen LogP contribution in [-0.2, 0) is 24.2 Å². The predicted molar refractivity (Wildman–Crippen MR) is 46.7 cm³/mol. The standard InChI is InChI=1S/C3H6OS2.2CH4.Zn/c1-2-4-3(5)6;;;/h2H2,1H3,(H,5,6);2*1H4;. The Balaban J connectivity index is -0.0000000417. The van der Waals surface area contributed by atoms with E-state index in [-0.39, 0.29) is 34.3 Å². The van der Waals surface area contributed by atoms with Crippen LogP contribution in [0.1, 0.15) is 21.8 Å². The van der Waals surface area contributed by atoms with E-state index >= 15 is 0 Å². The Morgan fingerprint density at radius 3 is 1.89 bits per heavy atom. The van der Waals surface area contributed by atoms with E-state index in [0.29, 0.717) is 11.0 Å². The Bertz CT molecular complexity index is 58.9. The maximum Gasteiger partial charge on any atom is 0.216 e. The molecule has 0 amide bonds. The van der Waals surface area contributed by atoms with Gasteiger partial charge >= 0.3 is 0 Å². The van der Waals surface area contributed by atoms with Crippen molar-refractivity contribution >= 4 is 29.2 Å². The van der Waals surface area contributed by atoms with Crippen molar-refractivity contribution < 1.29 is 24.2 Å². The molecule has 0 saturated carbocycles. The van der Waals surface area contributed by atoms with Crippen molar-refractivity contribution in [3.8, 4) is 0 Å². The van der Waals surface area contributed by atoms with Crippen molar-refractivity contribution in [2.24, 2.45) is 0 Å². The van der Waals surface area contributed by atoms with Gasteiger partial charge in [-0.1, -0.05) is 27.5 Å². The minimum atomic E-state index is 0. The summed E-state index contributed by atoms with van der Waals surface area (Å²) in [5, 5.41) is 0. The van der Waals surface area contributed by atoms with Gasteiger partial charge in [-0.25, -0.2) is 0 Å². The van der Waals surface area contributed by atoms with Gasteiger partial charge in [-0.05, 0) is 19.1 Å². The minimum absolute atomic E-state index is 0. The Hall–Kier alpha value is 0.863. The third-order valence-corrected chi connectivity index (χ3v) is 0.515. The van der Waals surface area contributed by atoms with Crippen LogP contribution in [0.2, 0.25) is 0 Å². The van der Waals surface area contributed by atoms with Crippen LogP contribution in [0.4, 0.5) is 0 Å². The van der Waals surface area contributed by atoms with Gasteiger partial charge in [0.15, 0.2) is 0 Å². The van der Waals surface area contributed by atoms with E-state index < -0.39 is 0 Å². The van der Waals surface area contributed by atoms with Crippen molar-refractivity contribution in [1.29, 1.82) is 0 Å². The third kappa shape index (κ3) is 28.0. The van der Waals surface area contributed by atoms with Crippen LogP contribution in [-0.4, -0.2) is 11.0 Å². The van der Waals surface area contributed by atoms with E-state index in [1.807, 2.05) is 6.92 Å². The fraction of sp³-hybridized carbons (Fsp3) is 0.800. The molecular formula is C5H14OS2Zn. The summed E-state index contributed by atoms with van der Waals surface area (Å²) in [6, 6.07) is 0. The van der Waals surface area contributed by atoms with Gasteiger partial charge < -0.3 is 4.74 Å². The van der Waals surface area contributed by atoms with E-state index in [2.05, 4.69) is 29.6 Å². The fourth-order valence-corrected chi connectivity index (χ4v) is 0.370. The molecule has 0 bridgehead atoms. The van der Waals surface area contributed by atoms with Gasteiger partial charge in [0.2, 0.25) is 4.38 Å². The van der Waals surface area contributed by atoms with Gasteiger partial charge in [0.25, 0.3) is 0 Å². The number of rotatable bonds is 1. The van der Waals surface area contributed by atoms with Crippen LogP contribution >= 0.6 is 24.8 Å². The molecule has 0 radical (unpaired) electrons. The number of hydrogen-bond donors (Lipinski definition) is 1. The molecule has 0 atom stereocenters. The Kier molecular flexibility index (Phi) is 39.9. The number of hydrogen-bond acceptors (Lipinski definition) is 2. The summed E-state index contributed by atoms with van der Waals surface area (Å²) < 4.78 is 4.95. The maximum absolute atomic E-state index is 4.64. The number of thiocarbonyl (C=S) groups is 1. The zero-order valence-corrected chi connectivity index (χ0v) is 8.86. The molecule has 0 spiro atoms. The Labute approximate surface area is 81.7 Å². The zero-order valence-electron chi connectivity index (χ0n) is 4.18. The SMILES string of the molecule is C.C.CCOC(=S)S.[Zn]. The summed E-state index contributed by atoms with van der Waals surface area (Å²) in [7, 11) is 0. The molecular weight excluding hydrogens is 206 g/mol. The summed E-state index contributed by atoms with van der Waals surface area (Å²) in [5.41, 5.74) is 0. The van der Waals surface area contributed by atoms with Crippen LogP contribution in [0.3, 0.4) is 0 Å². The average molecular weight is 220 g/mol. The maximum atomic E-state index is 4.64. The largest absolute Gasteiger partial charge is 0.479 e. The van der Waals surface area contributed by atoms with Gasteiger partial charge in [-0.15, -0.1) is 0 Å². The average Bonchev–Trinajstić information content (AvgIpc) is 1.35. The molecule has 0 aromatic rings. The Morgan fingerprint density at radius 2 is 1.89 bits per heavy atom. The van der Waals surface area contributed by atoms with Crippen LogP contribution in [0.15, 0.2) is 0 Å². The van der Waals surface area contributed by atoms with Gasteiger partial charge in [-0.3, -0.25) is 0 Å². The normalized spacial score (nSPS) is 5.11. The van der Waals surface area contributed by atoms with Crippen LogP contribution in [0.5, 0.6) is 0 Å². The van der Waals surface area contributed by atoms with Crippen LogP contribution in [0.25, 0.3) is 0 Å². The molecule has 0 unspecified atom stereocenters. The van der Waals surface area contributed by atoms with E-state index in [0.717, 1.165) is 0 Å². The predicted octanol–water partition coefficient (Wildman–Crippen LogP) is 2.51. The molecule has 0 rings (SSSR count). The second-order valence-corrected chi connectivity index (χ2v) is 1.78. The van der Waals surface area contributed by atoms with Crippen molar-refractivity contribution in [3.63, 3.8) is 0 Å². The molecule has 4 heteroatoms. The fourth-order valence-electron chi connectivity index (χ4n) is 0.123. The molecule has 0 aliphatic heterocycles. The first kappa shape index (κ1) is 22.5. The zero-order chi connectivity index (χ0) is 4.99. The van der Waals surface area contributed by atoms with Crippen molar-refractivity contribution in [3.05, 3.63) is 0 Å². The molecule has 0 aliphatic carbocycles. The van der Waals surface area contributed by atoms with Crippen LogP contribution in [0, 0.1) is 0 Å². The molecule has 0 fully saturated rings. The first-order valence-corrected chi connectivity index (χ1v) is 2.48. The molecule has 0 aromatic carbocycles. The van der Waals surface area contributed by atoms with E-state index in [1.54, 1.807) is 0 Å². The van der Waals surface area contributed by atoms with Crippen molar-refractivity contribution in [1.82, 2.24) is 0 Å². The quantitative estimate of drug-likeness (QED) is 0.412. The molecule has 1 nitrogen and oxygen atoms in total. The van der Waals surface area contributed by atoms with Gasteiger partial charge in [0.1, 0.15) is 0 Å². The van der Waals surface area contributed by atoms with Gasteiger partial charge in [0.05, 0.1) is 6.61 Å². The molecule has 9 heavy (non-hydrogen) atoms. The Morgan fingerprint density at radius 1 is 1.56 bits per heavy atom. The van der Waals surface area contributed by atoms with E-state index in [4.69, 9.17) is 0 Å². The summed E-state index contributed by atoms with van der Waals surface area (Å²) in [6.07, 6.45) is 0. The monoisotopic (exact) mass is 218 g/mol. The van der Waals surface area contributed by atoms with Crippen molar-refractivity contribution in [2.45, 2.75) is 21.8 Å². The summed E-state index contributed by atoms with van der Waals surface area (Å²) in [6.45, 7) is 2.48. The number of ether oxygens (including phenoxy) is 1. The van der Waals surface area contributed by atoms with Gasteiger partial charge in [0, 0.05) is 19.5 Å². The molecule has 0 heterocycles. The minimum Gasteiger partial charge on any atom is -0.479 e. The third-order valence-electron chi connectivity index (χ3n) is 0.268. The summed E-state index contributed by atoms with van der Waals surface area (Å²) >= 11 is 8.12. The van der Waals surface area contributed by atoms with Crippen molar-refractivity contribution in [2.75, 3.05) is 6.61 Å². The first-order chi connectivity index (χ1) is 2.77. The van der Waals surface area contributed by atoms with Gasteiger partial charge in [-0.2, -0.15) is 0 Å². The molecule has 0 aliphatic rings. The topological polar surface area (TPSA) is 9.23 Å². The van der Waals surface area contributed by atoms with Crippen LogP contribution < -0.4 is 0 Å².